The number of guanidine groups is 1. The number of aliphatic imine (C=N–C) groups is 1. The van der Waals surface area contributed by atoms with Gasteiger partial charge in [0.15, 0.2) is 17.5 Å². The van der Waals surface area contributed by atoms with Gasteiger partial charge in [-0.05, 0) is 31.5 Å². The summed E-state index contributed by atoms with van der Waals surface area (Å²) in [5.74, 6) is 3.72. The van der Waals surface area contributed by atoms with Crippen LogP contribution in [0.15, 0.2) is 27.6 Å². The minimum absolute atomic E-state index is 0. The Morgan fingerprint density at radius 3 is 2.62 bits per heavy atom. The average molecular weight is 444 g/mol. The number of oxazole rings is 1. The van der Waals surface area contributed by atoms with E-state index in [-0.39, 0.29) is 30.8 Å². The van der Waals surface area contributed by atoms with Gasteiger partial charge in [0.25, 0.3) is 0 Å². The molecule has 0 unspecified atom stereocenters. The van der Waals surface area contributed by atoms with Crippen LogP contribution in [-0.4, -0.2) is 24.8 Å². The van der Waals surface area contributed by atoms with Gasteiger partial charge in [-0.2, -0.15) is 0 Å². The van der Waals surface area contributed by atoms with E-state index in [1.807, 2.05) is 32.0 Å². The Hall–Kier alpha value is -1.97. The Balaban J connectivity index is 0.00000208. The Kier molecular flexibility index (Phi) is 6.29. The van der Waals surface area contributed by atoms with Crippen LogP contribution in [0.5, 0.6) is 11.5 Å². The molecule has 1 aromatic heterocycles. The molecule has 2 heterocycles. The van der Waals surface area contributed by atoms with Crippen molar-refractivity contribution in [1.29, 1.82) is 0 Å². The summed E-state index contributed by atoms with van der Waals surface area (Å²) >= 11 is 0. The third-order valence-corrected chi connectivity index (χ3v) is 3.60. The van der Waals surface area contributed by atoms with Crippen molar-refractivity contribution in [3.63, 3.8) is 0 Å². The highest BCUT2D eigenvalue weighted by Gasteiger charge is 2.13. The lowest BCUT2D eigenvalue weighted by atomic mass is 10.2. The third-order valence-electron chi connectivity index (χ3n) is 3.60. The lowest BCUT2D eigenvalue weighted by Gasteiger charge is -2.11. The standard InChI is InChI=1S/C16H20N4O3.HI/c1-10-11(2)23-15(20-10)8-19-16(17-3)18-7-12-4-5-13-14(6-12)22-9-21-13;/h4-6H,7-9H2,1-3H3,(H2,17,18,19);1H. The molecule has 8 heteroatoms. The van der Waals surface area contributed by atoms with Gasteiger partial charge in [0.05, 0.1) is 12.2 Å². The van der Waals surface area contributed by atoms with Gasteiger partial charge in [0, 0.05) is 13.6 Å². The van der Waals surface area contributed by atoms with Gasteiger partial charge >= 0.3 is 0 Å². The van der Waals surface area contributed by atoms with Crippen LogP contribution in [0.3, 0.4) is 0 Å². The molecule has 0 fully saturated rings. The second-order valence-electron chi connectivity index (χ2n) is 5.22. The monoisotopic (exact) mass is 444 g/mol. The van der Waals surface area contributed by atoms with Gasteiger partial charge in [-0.3, -0.25) is 4.99 Å². The second-order valence-corrected chi connectivity index (χ2v) is 5.22. The van der Waals surface area contributed by atoms with E-state index in [2.05, 4.69) is 20.6 Å². The van der Waals surface area contributed by atoms with E-state index in [1.165, 1.54) is 0 Å². The van der Waals surface area contributed by atoms with Crippen molar-refractivity contribution in [3.05, 3.63) is 41.1 Å². The number of halogens is 1. The van der Waals surface area contributed by atoms with E-state index in [0.717, 1.165) is 28.5 Å². The molecule has 0 spiro atoms. The van der Waals surface area contributed by atoms with Crippen LogP contribution in [0.4, 0.5) is 0 Å². The Bertz CT molecular complexity index is 711. The molecule has 0 amide bonds. The van der Waals surface area contributed by atoms with Gasteiger partial charge in [-0.25, -0.2) is 4.98 Å². The molecule has 0 radical (unpaired) electrons. The molecule has 3 rings (SSSR count). The maximum absolute atomic E-state index is 5.54. The Morgan fingerprint density at radius 2 is 1.92 bits per heavy atom. The summed E-state index contributed by atoms with van der Waals surface area (Å²) in [4.78, 5) is 8.52. The lowest BCUT2D eigenvalue weighted by Crippen LogP contribution is -2.36. The molecule has 7 nitrogen and oxygen atoms in total. The van der Waals surface area contributed by atoms with Crippen molar-refractivity contribution in [2.75, 3.05) is 13.8 Å². The Morgan fingerprint density at radius 1 is 1.17 bits per heavy atom. The van der Waals surface area contributed by atoms with Gasteiger partial charge in [0.1, 0.15) is 5.76 Å². The van der Waals surface area contributed by atoms with Crippen molar-refractivity contribution in [2.45, 2.75) is 26.9 Å². The highest BCUT2D eigenvalue weighted by atomic mass is 127. The van der Waals surface area contributed by atoms with E-state index < -0.39 is 0 Å². The minimum Gasteiger partial charge on any atom is -0.454 e. The first-order valence-corrected chi connectivity index (χ1v) is 7.41. The fourth-order valence-electron chi connectivity index (χ4n) is 2.23. The molecule has 1 aromatic carbocycles. The largest absolute Gasteiger partial charge is 0.454 e. The number of hydrogen-bond acceptors (Lipinski definition) is 5. The number of rotatable bonds is 4. The van der Waals surface area contributed by atoms with Crippen molar-refractivity contribution >= 4 is 29.9 Å². The van der Waals surface area contributed by atoms with Crippen molar-refractivity contribution in [1.82, 2.24) is 15.6 Å². The number of ether oxygens (including phenoxy) is 2. The fourth-order valence-corrected chi connectivity index (χ4v) is 2.23. The highest BCUT2D eigenvalue weighted by molar-refractivity contribution is 14.0. The van der Waals surface area contributed by atoms with Gasteiger partial charge in [0.2, 0.25) is 12.7 Å². The molecule has 0 atom stereocenters. The first kappa shape index (κ1) is 18.4. The van der Waals surface area contributed by atoms with Gasteiger partial charge in [-0.1, -0.05) is 6.07 Å². The number of fused-ring (bicyclic) bond motifs is 1. The molecule has 1 aliphatic rings. The van der Waals surface area contributed by atoms with Crippen molar-refractivity contribution in [2.24, 2.45) is 4.99 Å². The smallest absolute Gasteiger partial charge is 0.231 e. The van der Waals surface area contributed by atoms with Crippen molar-refractivity contribution < 1.29 is 13.9 Å². The van der Waals surface area contributed by atoms with Crippen LogP contribution < -0.4 is 20.1 Å². The van der Waals surface area contributed by atoms with Crippen LogP contribution in [0.2, 0.25) is 0 Å². The topological polar surface area (TPSA) is 80.9 Å². The summed E-state index contributed by atoms with van der Waals surface area (Å²) in [5.41, 5.74) is 1.99. The molecular weight excluding hydrogens is 423 g/mol. The van der Waals surface area contributed by atoms with E-state index in [4.69, 9.17) is 13.9 Å². The van der Waals surface area contributed by atoms with Crippen molar-refractivity contribution in [3.8, 4) is 11.5 Å². The number of nitrogens with one attached hydrogen (secondary N) is 2. The molecule has 0 bridgehead atoms. The molecule has 2 aromatic rings. The fraction of sp³-hybridized carbons (Fsp3) is 0.375. The predicted molar refractivity (Wildman–Crippen MR) is 101 cm³/mol. The van der Waals surface area contributed by atoms with Crippen LogP contribution in [0.25, 0.3) is 0 Å². The lowest BCUT2D eigenvalue weighted by molar-refractivity contribution is 0.174. The van der Waals surface area contributed by atoms with E-state index in [9.17, 15) is 0 Å². The SMILES string of the molecule is CN=C(NCc1ccc2c(c1)OCO2)NCc1nc(C)c(C)o1.I. The number of hydrogen-bond donors (Lipinski definition) is 2. The summed E-state index contributed by atoms with van der Waals surface area (Å²) < 4.78 is 16.2. The summed E-state index contributed by atoms with van der Waals surface area (Å²) in [6.07, 6.45) is 0. The quantitative estimate of drug-likeness (QED) is 0.429. The summed E-state index contributed by atoms with van der Waals surface area (Å²) in [7, 11) is 1.72. The molecule has 1 aliphatic heterocycles. The van der Waals surface area contributed by atoms with Crippen LogP contribution in [0, 0.1) is 13.8 Å². The van der Waals surface area contributed by atoms with Gasteiger partial charge in [-0.15, -0.1) is 24.0 Å². The molecule has 24 heavy (non-hydrogen) atoms. The third kappa shape index (κ3) is 4.31. The first-order valence-electron chi connectivity index (χ1n) is 7.41. The predicted octanol–water partition coefficient (Wildman–Crippen LogP) is 2.50. The molecular formula is C16H21IN4O3. The number of nitrogens with zero attached hydrogens (tertiary/aromatic N) is 2. The van der Waals surface area contributed by atoms with Crippen LogP contribution >= 0.6 is 24.0 Å². The zero-order valence-electron chi connectivity index (χ0n) is 13.9. The van der Waals surface area contributed by atoms with Crippen LogP contribution in [0.1, 0.15) is 22.9 Å². The summed E-state index contributed by atoms with van der Waals surface area (Å²) in [5, 5.41) is 6.42. The minimum atomic E-state index is 0. The van der Waals surface area contributed by atoms with Gasteiger partial charge < -0.3 is 24.5 Å². The maximum atomic E-state index is 5.54. The van der Waals surface area contributed by atoms with Crippen LogP contribution in [-0.2, 0) is 13.1 Å². The molecule has 0 aliphatic carbocycles. The number of aromatic nitrogens is 1. The normalized spacial score (nSPS) is 12.7. The zero-order valence-corrected chi connectivity index (χ0v) is 16.2. The second kappa shape index (κ2) is 8.22. The maximum Gasteiger partial charge on any atom is 0.231 e. The molecule has 2 N–H and O–H groups in total. The number of benzene rings is 1. The molecule has 0 saturated heterocycles. The van der Waals surface area contributed by atoms with E-state index in [1.54, 1.807) is 7.05 Å². The summed E-state index contributed by atoms with van der Waals surface area (Å²) in [6.45, 7) is 5.22. The van der Waals surface area contributed by atoms with E-state index in [0.29, 0.717) is 24.9 Å². The molecule has 130 valence electrons. The molecule has 0 saturated carbocycles. The zero-order chi connectivity index (χ0) is 16.2. The Labute approximate surface area is 157 Å². The first-order chi connectivity index (χ1) is 11.2. The highest BCUT2D eigenvalue weighted by Crippen LogP contribution is 2.32. The number of aryl methyl sites for hydroxylation is 2. The van der Waals surface area contributed by atoms with E-state index >= 15 is 0 Å². The average Bonchev–Trinajstić information content (AvgIpc) is 3.14. The summed E-state index contributed by atoms with van der Waals surface area (Å²) in [6, 6.07) is 5.87.